The molecule has 50 heavy (non-hydrogen) atoms. The van der Waals surface area contributed by atoms with Gasteiger partial charge in [0, 0.05) is 85.5 Å². The molecule has 4 aliphatic heterocycles. The van der Waals surface area contributed by atoms with Crippen molar-refractivity contribution in [2.75, 3.05) is 26.2 Å². The van der Waals surface area contributed by atoms with Gasteiger partial charge in [-0.25, -0.2) is 9.97 Å². The monoisotopic (exact) mass is 748 g/mol. The number of carbonyl (C=O) groups excluding carboxylic acids is 2. The van der Waals surface area contributed by atoms with E-state index in [0.29, 0.717) is 57.7 Å². The smallest absolute Gasteiger partial charge is 0.220 e. The van der Waals surface area contributed by atoms with Gasteiger partial charge in [-0.3, -0.25) is 19.4 Å². The first-order valence-electron chi connectivity index (χ1n) is 16.9. The third-order valence-corrected chi connectivity index (χ3v) is 12.2. The molecule has 4 aliphatic rings. The maximum absolute atomic E-state index is 11.8. The highest BCUT2D eigenvalue weighted by Gasteiger charge is 2.48. The lowest BCUT2D eigenvalue weighted by atomic mass is 9.87. The number of benzene rings is 2. The van der Waals surface area contributed by atoms with Crippen molar-refractivity contribution >= 4 is 58.2 Å². The average molecular weight is 751 g/mol. The van der Waals surface area contributed by atoms with Crippen LogP contribution in [0.25, 0.3) is 33.6 Å². The summed E-state index contributed by atoms with van der Waals surface area (Å²) in [4.78, 5) is 37.7. The number of rotatable bonds is 7. The van der Waals surface area contributed by atoms with Gasteiger partial charge in [-0.2, -0.15) is 0 Å². The Morgan fingerprint density at radius 1 is 0.640 bits per heavy atom. The topological polar surface area (TPSA) is 90.5 Å². The van der Waals surface area contributed by atoms with Gasteiger partial charge in [-0.15, -0.1) is 0 Å². The molecule has 0 atom stereocenters. The van der Waals surface area contributed by atoms with Crippen LogP contribution < -0.4 is 10.6 Å². The number of aromatic nitrogens is 2. The van der Waals surface area contributed by atoms with E-state index >= 15 is 0 Å². The van der Waals surface area contributed by atoms with Gasteiger partial charge in [0.15, 0.2) is 0 Å². The van der Waals surface area contributed by atoms with E-state index in [1.54, 1.807) is 0 Å². The van der Waals surface area contributed by atoms with Gasteiger partial charge in [0.2, 0.25) is 11.8 Å². The highest BCUT2D eigenvalue weighted by atomic mass is 35.5. The van der Waals surface area contributed by atoms with E-state index in [1.165, 1.54) is 0 Å². The standard InChI is InChI=1S/C38H36Cl4N6O2/c1-21-13-29(43-35(41)27(21)15-47-17-37(18-47)11-9-31(49)45-37)25-7-3-5-23(33(25)39)24-6-4-8-26(34(24)40)30-14-22(2)28(36(42)44-30)16-48-19-38(20-48)12-10-32(50)46-38/h3-8,13-14H,9-12,15-20H2,1-2H3,(H,45,49)(H,46,50). The van der Waals surface area contributed by atoms with Gasteiger partial charge in [-0.05, 0) is 49.9 Å². The fourth-order valence-electron chi connectivity index (χ4n) is 8.16. The molecule has 0 saturated carbocycles. The molecule has 2 N–H and O–H groups in total. The van der Waals surface area contributed by atoms with Crippen molar-refractivity contribution in [3.05, 3.63) is 91.1 Å². The van der Waals surface area contributed by atoms with Crippen molar-refractivity contribution < 1.29 is 9.59 Å². The van der Waals surface area contributed by atoms with Crippen molar-refractivity contribution in [1.82, 2.24) is 30.4 Å². The summed E-state index contributed by atoms with van der Waals surface area (Å²) in [7, 11) is 0. The van der Waals surface area contributed by atoms with Gasteiger partial charge in [0.05, 0.1) is 32.5 Å². The Morgan fingerprint density at radius 3 is 1.36 bits per heavy atom. The number of nitrogens with zero attached hydrogens (tertiary/aromatic N) is 4. The number of nitrogens with one attached hydrogen (secondary N) is 2. The predicted molar refractivity (Wildman–Crippen MR) is 199 cm³/mol. The van der Waals surface area contributed by atoms with E-state index in [9.17, 15) is 9.59 Å². The zero-order valence-electron chi connectivity index (χ0n) is 27.8. The largest absolute Gasteiger partial charge is 0.348 e. The van der Waals surface area contributed by atoms with E-state index in [1.807, 2.05) is 62.4 Å². The number of aryl methyl sites for hydroxylation is 2. The minimum absolute atomic E-state index is 0.0863. The minimum atomic E-state index is -0.0863. The molecule has 0 radical (unpaired) electrons. The zero-order chi connectivity index (χ0) is 34.9. The second-order valence-electron chi connectivity index (χ2n) is 14.5. The lowest BCUT2D eigenvalue weighted by Gasteiger charge is -2.48. The molecular weight excluding hydrogens is 714 g/mol. The van der Waals surface area contributed by atoms with Gasteiger partial charge in [0.25, 0.3) is 0 Å². The highest BCUT2D eigenvalue weighted by molar-refractivity contribution is 6.39. The Balaban J connectivity index is 1.02. The van der Waals surface area contributed by atoms with E-state index in [2.05, 4.69) is 20.4 Å². The quantitative estimate of drug-likeness (QED) is 0.189. The summed E-state index contributed by atoms with van der Waals surface area (Å²) in [5.41, 5.74) is 8.24. The molecule has 2 aromatic carbocycles. The van der Waals surface area contributed by atoms with E-state index in [4.69, 9.17) is 56.4 Å². The van der Waals surface area contributed by atoms with Gasteiger partial charge >= 0.3 is 0 Å². The second kappa shape index (κ2) is 12.8. The van der Waals surface area contributed by atoms with Crippen LogP contribution in [0.5, 0.6) is 0 Å². The number of hydrogen-bond donors (Lipinski definition) is 2. The minimum Gasteiger partial charge on any atom is -0.348 e. The second-order valence-corrected chi connectivity index (χ2v) is 15.9. The summed E-state index contributed by atoms with van der Waals surface area (Å²) in [5.74, 6) is 0.271. The molecule has 258 valence electrons. The molecule has 2 spiro atoms. The molecule has 2 amide bonds. The Hall–Kier alpha value is -3.24. The van der Waals surface area contributed by atoms with Gasteiger partial charge < -0.3 is 10.6 Å². The van der Waals surface area contributed by atoms with Crippen LogP contribution in [0.15, 0.2) is 48.5 Å². The first-order chi connectivity index (χ1) is 23.9. The Labute approximate surface area is 311 Å². The van der Waals surface area contributed by atoms with Crippen LogP contribution in [0.1, 0.15) is 47.9 Å². The Morgan fingerprint density at radius 2 is 1.02 bits per heavy atom. The maximum Gasteiger partial charge on any atom is 0.220 e. The fraction of sp³-hybridized carbons (Fsp3) is 0.368. The number of carbonyl (C=O) groups is 2. The summed E-state index contributed by atoms with van der Waals surface area (Å²) >= 11 is 27.9. The van der Waals surface area contributed by atoms with Crippen LogP contribution in [0.4, 0.5) is 0 Å². The first-order valence-corrected chi connectivity index (χ1v) is 18.4. The van der Waals surface area contributed by atoms with E-state index in [-0.39, 0.29) is 22.9 Å². The molecule has 4 aromatic rings. The van der Waals surface area contributed by atoms with Gasteiger partial charge in [0.1, 0.15) is 10.3 Å². The maximum atomic E-state index is 11.8. The SMILES string of the molecule is Cc1cc(-c2cccc(-c3cccc(-c4cc(C)c(CN5CC6(CCC(=O)N6)C5)c(Cl)n4)c3Cl)c2Cl)nc(Cl)c1CN1CC2(CCC(=O)N2)C1. The zero-order valence-corrected chi connectivity index (χ0v) is 30.8. The molecule has 12 heteroatoms. The molecule has 0 bridgehead atoms. The number of pyridine rings is 2. The summed E-state index contributed by atoms with van der Waals surface area (Å²) < 4.78 is 0. The molecule has 4 saturated heterocycles. The van der Waals surface area contributed by atoms with Crippen LogP contribution in [-0.2, 0) is 22.7 Å². The van der Waals surface area contributed by atoms with Crippen molar-refractivity contribution in [3.63, 3.8) is 0 Å². The number of hydrogen-bond acceptors (Lipinski definition) is 6. The predicted octanol–water partition coefficient (Wildman–Crippen LogP) is 7.64. The lowest BCUT2D eigenvalue weighted by Crippen LogP contribution is -2.66. The van der Waals surface area contributed by atoms with Crippen LogP contribution >= 0.6 is 46.4 Å². The number of likely N-dealkylation sites (tertiary alicyclic amines) is 2. The summed E-state index contributed by atoms with van der Waals surface area (Å²) in [6.45, 7) is 8.68. The lowest BCUT2D eigenvalue weighted by molar-refractivity contribution is -0.121. The molecule has 8 rings (SSSR count). The van der Waals surface area contributed by atoms with Crippen molar-refractivity contribution in [2.24, 2.45) is 0 Å². The van der Waals surface area contributed by atoms with Crippen LogP contribution in [-0.4, -0.2) is 68.8 Å². The highest BCUT2D eigenvalue weighted by Crippen LogP contribution is 2.43. The Kier molecular flexibility index (Phi) is 8.65. The van der Waals surface area contributed by atoms with Crippen LogP contribution in [0, 0.1) is 13.8 Å². The average Bonchev–Trinajstić information content (AvgIpc) is 3.63. The molecule has 4 fully saturated rings. The molecular formula is C38H36Cl4N6O2. The summed E-state index contributed by atoms with van der Waals surface area (Å²) in [5, 5.41) is 8.20. The normalized spacial score (nSPS) is 19.5. The molecule has 0 aliphatic carbocycles. The molecule has 2 aromatic heterocycles. The summed E-state index contributed by atoms with van der Waals surface area (Å²) in [6, 6.07) is 15.7. The van der Waals surface area contributed by atoms with Crippen molar-refractivity contribution in [2.45, 2.75) is 63.7 Å². The Bertz CT molecular complexity index is 1880. The number of halogens is 4. The third-order valence-electron chi connectivity index (χ3n) is 10.8. The molecule has 8 nitrogen and oxygen atoms in total. The fourth-order valence-corrected chi connectivity index (χ4v) is 9.41. The van der Waals surface area contributed by atoms with E-state index < -0.39 is 0 Å². The van der Waals surface area contributed by atoms with Crippen LogP contribution in [0.2, 0.25) is 20.4 Å². The molecule has 6 heterocycles. The summed E-state index contributed by atoms with van der Waals surface area (Å²) in [6.07, 6.45) is 2.96. The van der Waals surface area contributed by atoms with Gasteiger partial charge in [-0.1, -0.05) is 82.8 Å². The van der Waals surface area contributed by atoms with Crippen molar-refractivity contribution in [1.29, 1.82) is 0 Å². The molecule has 0 unspecified atom stereocenters. The van der Waals surface area contributed by atoms with Crippen LogP contribution in [0.3, 0.4) is 0 Å². The van der Waals surface area contributed by atoms with E-state index in [0.717, 1.165) is 83.5 Å². The third kappa shape index (κ3) is 6.08. The number of amides is 2. The van der Waals surface area contributed by atoms with Crippen molar-refractivity contribution in [3.8, 4) is 33.6 Å². The first kappa shape index (κ1) is 33.9.